The van der Waals surface area contributed by atoms with Gasteiger partial charge in [0.1, 0.15) is 0 Å². The SMILES string of the molecule is COCCCOc1c(CNCC(C)C)cc(Cl)cc1OC. The summed E-state index contributed by atoms with van der Waals surface area (Å²) in [4.78, 5) is 0. The second kappa shape index (κ2) is 9.87. The van der Waals surface area contributed by atoms with Gasteiger partial charge in [-0.3, -0.25) is 0 Å². The van der Waals surface area contributed by atoms with Crippen molar-refractivity contribution in [2.75, 3.05) is 34.0 Å². The summed E-state index contributed by atoms with van der Waals surface area (Å²) in [7, 11) is 3.31. The predicted octanol–water partition coefficient (Wildman–Crippen LogP) is 3.51. The molecule has 1 rings (SSSR count). The van der Waals surface area contributed by atoms with E-state index in [1.54, 1.807) is 20.3 Å². The highest BCUT2D eigenvalue weighted by Crippen LogP contribution is 2.34. The molecule has 4 nitrogen and oxygen atoms in total. The van der Waals surface area contributed by atoms with Crippen LogP contribution in [0.1, 0.15) is 25.8 Å². The number of halogens is 1. The van der Waals surface area contributed by atoms with E-state index in [4.69, 9.17) is 25.8 Å². The van der Waals surface area contributed by atoms with E-state index >= 15 is 0 Å². The van der Waals surface area contributed by atoms with Gasteiger partial charge in [-0.25, -0.2) is 0 Å². The number of hydrogen-bond donors (Lipinski definition) is 1. The van der Waals surface area contributed by atoms with Gasteiger partial charge in [-0.15, -0.1) is 0 Å². The van der Waals surface area contributed by atoms with Crippen molar-refractivity contribution in [3.8, 4) is 11.5 Å². The summed E-state index contributed by atoms with van der Waals surface area (Å²) in [6, 6.07) is 3.70. The van der Waals surface area contributed by atoms with Gasteiger partial charge in [0.15, 0.2) is 11.5 Å². The second-order valence-electron chi connectivity index (χ2n) is 5.32. The third-order valence-corrected chi connectivity index (χ3v) is 3.14. The van der Waals surface area contributed by atoms with Crippen LogP contribution in [-0.2, 0) is 11.3 Å². The summed E-state index contributed by atoms with van der Waals surface area (Å²) in [6.07, 6.45) is 0.834. The number of nitrogens with one attached hydrogen (secondary N) is 1. The summed E-state index contributed by atoms with van der Waals surface area (Å²) >= 11 is 6.14. The molecule has 0 aliphatic rings. The van der Waals surface area contributed by atoms with Crippen molar-refractivity contribution in [3.05, 3.63) is 22.7 Å². The third kappa shape index (κ3) is 6.55. The molecule has 0 saturated carbocycles. The van der Waals surface area contributed by atoms with E-state index in [9.17, 15) is 0 Å². The molecular formula is C16H26ClNO3. The molecule has 0 aliphatic heterocycles. The molecule has 5 heteroatoms. The first-order valence-corrected chi connectivity index (χ1v) is 7.65. The van der Waals surface area contributed by atoms with Gasteiger partial charge in [0.2, 0.25) is 0 Å². The van der Waals surface area contributed by atoms with Gasteiger partial charge in [0.05, 0.1) is 13.7 Å². The van der Waals surface area contributed by atoms with Gasteiger partial charge in [-0.05, 0) is 18.5 Å². The lowest BCUT2D eigenvalue weighted by Crippen LogP contribution is -2.19. The number of methoxy groups -OCH3 is 2. The van der Waals surface area contributed by atoms with E-state index in [0.717, 1.165) is 24.3 Å². The molecule has 0 aromatic heterocycles. The van der Waals surface area contributed by atoms with Gasteiger partial charge in [-0.2, -0.15) is 0 Å². The highest BCUT2D eigenvalue weighted by Gasteiger charge is 2.13. The lowest BCUT2D eigenvalue weighted by molar-refractivity contribution is 0.170. The Morgan fingerprint density at radius 2 is 1.95 bits per heavy atom. The molecule has 1 N–H and O–H groups in total. The fraction of sp³-hybridized carbons (Fsp3) is 0.625. The number of hydrogen-bond acceptors (Lipinski definition) is 4. The van der Waals surface area contributed by atoms with E-state index in [0.29, 0.717) is 36.4 Å². The molecule has 0 saturated heterocycles. The standard InChI is InChI=1S/C16H26ClNO3/c1-12(2)10-18-11-13-8-14(17)9-15(20-4)16(13)21-7-5-6-19-3/h8-9,12,18H,5-7,10-11H2,1-4H3. The zero-order chi connectivity index (χ0) is 15.7. The van der Waals surface area contributed by atoms with Crippen molar-refractivity contribution < 1.29 is 14.2 Å². The average Bonchev–Trinajstić information content (AvgIpc) is 2.44. The Morgan fingerprint density at radius 1 is 1.19 bits per heavy atom. The molecule has 0 aliphatic carbocycles. The molecule has 0 spiro atoms. The van der Waals surface area contributed by atoms with Crippen LogP contribution in [0.2, 0.25) is 5.02 Å². The molecule has 0 fully saturated rings. The highest BCUT2D eigenvalue weighted by molar-refractivity contribution is 6.30. The summed E-state index contributed by atoms with van der Waals surface area (Å²) in [6.45, 7) is 7.26. The van der Waals surface area contributed by atoms with Crippen molar-refractivity contribution in [2.45, 2.75) is 26.8 Å². The zero-order valence-corrected chi connectivity index (χ0v) is 14.1. The summed E-state index contributed by atoms with van der Waals surface area (Å²) in [5, 5.41) is 4.05. The lowest BCUT2D eigenvalue weighted by atomic mass is 10.1. The van der Waals surface area contributed by atoms with Gasteiger partial charge in [0.25, 0.3) is 0 Å². The van der Waals surface area contributed by atoms with Crippen molar-refractivity contribution in [2.24, 2.45) is 5.92 Å². The molecule has 21 heavy (non-hydrogen) atoms. The Kier molecular flexibility index (Phi) is 8.50. The minimum Gasteiger partial charge on any atom is -0.493 e. The van der Waals surface area contributed by atoms with Gasteiger partial charge in [-0.1, -0.05) is 25.4 Å². The molecule has 1 aromatic carbocycles. The summed E-state index contributed by atoms with van der Waals surface area (Å²) in [5.74, 6) is 2.02. The summed E-state index contributed by atoms with van der Waals surface area (Å²) < 4.78 is 16.3. The predicted molar refractivity (Wildman–Crippen MR) is 86.5 cm³/mol. The van der Waals surface area contributed by atoms with Crippen LogP contribution in [0.3, 0.4) is 0 Å². The van der Waals surface area contributed by atoms with Crippen LogP contribution in [-0.4, -0.2) is 34.0 Å². The smallest absolute Gasteiger partial charge is 0.165 e. The normalized spacial score (nSPS) is 11.0. The van der Waals surface area contributed by atoms with E-state index in [1.165, 1.54) is 0 Å². The molecule has 0 radical (unpaired) electrons. The molecule has 0 bridgehead atoms. The first-order valence-electron chi connectivity index (χ1n) is 7.27. The Balaban J connectivity index is 2.78. The number of benzene rings is 1. The van der Waals surface area contributed by atoms with Crippen LogP contribution in [0.25, 0.3) is 0 Å². The maximum atomic E-state index is 6.14. The number of rotatable bonds is 10. The molecular weight excluding hydrogens is 290 g/mol. The van der Waals surface area contributed by atoms with Gasteiger partial charge in [0, 0.05) is 43.3 Å². The fourth-order valence-corrected chi connectivity index (χ4v) is 2.17. The quantitative estimate of drug-likeness (QED) is 0.671. The van der Waals surface area contributed by atoms with Crippen LogP contribution >= 0.6 is 11.6 Å². The van der Waals surface area contributed by atoms with Crippen molar-refractivity contribution in [1.29, 1.82) is 0 Å². The lowest BCUT2D eigenvalue weighted by Gasteiger charge is -2.17. The number of ether oxygens (including phenoxy) is 3. The van der Waals surface area contributed by atoms with E-state index < -0.39 is 0 Å². The molecule has 120 valence electrons. The molecule has 0 unspecified atom stereocenters. The summed E-state index contributed by atoms with van der Waals surface area (Å²) in [5.41, 5.74) is 1.01. The highest BCUT2D eigenvalue weighted by atomic mass is 35.5. The fourth-order valence-electron chi connectivity index (χ4n) is 1.94. The molecule has 0 atom stereocenters. The van der Waals surface area contributed by atoms with E-state index in [2.05, 4.69) is 19.2 Å². The first kappa shape index (κ1) is 18.1. The Morgan fingerprint density at radius 3 is 2.57 bits per heavy atom. The van der Waals surface area contributed by atoms with E-state index in [-0.39, 0.29) is 0 Å². The Labute approximate surface area is 132 Å². The first-order chi connectivity index (χ1) is 10.1. The largest absolute Gasteiger partial charge is 0.493 e. The average molecular weight is 316 g/mol. The van der Waals surface area contributed by atoms with Gasteiger partial charge < -0.3 is 19.5 Å². The zero-order valence-electron chi connectivity index (χ0n) is 13.4. The minimum absolute atomic E-state index is 0.586. The topological polar surface area (TPSA) is 39.7 Å². The monoisotopic (exact) mass is 315 g/mol. The van der Waals surface area contributed by atoms with Gasteiger partial charge >= 0.3 is 0 Å². The van der Waals surface area contributed by atoms with Crippen LogP contribution in [0.4, 0.5) is 0 Å². The molecule has 1 aromatic rings. The second-order valence-corrected chi connectivity index (χ2v) is 5.75. The maximum Gasteiger partial charge on any atom is 0.165 e. The Hall–Kier alpha value is -0.970. The van der Waals surface area contributed by atoms with Crippen molar-refractivity contribution in [3.63, 3.8) is 0 Å². The Bertz CT molecular complexity index is 424. The van der Waals surface area contributed by atoms with E-state index in [1.807, 2.05) is 6.07 Å². The van der Waals surface area contributed by atoms with Crippen LogP contribution < -0.4 is 14.8 Å². The van der Waals surface area contributed by atoms with Crippen molar-refractivity contribution in [1.82, 2.24) is 5.32 Å². The maximum absolute atomic E-state index is 6.14. The van der Waals surface area contributed by atoms with Crippen molar-refractivity contribution >= 4 is 11.6 Å². The third-order valence-electron chi connectivity index (χ3n) is 2.92. The van der Waals surface area contributed by atoms with Crippen LogP contribution in [0.5, 0.6) is 11.5 Å². The molecule has 0 amide bonds. The van der Waals surface area contributed by atoms with Crippen LogP contribution in [0.15, 0.2) is 12.1 Å². The molecule has 0 heterocycles. The minimum atomic E-state index is 0.586. The van der Waals surface area contributed by atoms with Crippen LogP contribution in [0, 0.1) is 5.92 Å².